The van der Waals surface area contributed by atoms with Gasteiger partial charge in [-0.3, -0.25) is 0 Å². The SMILES string of the molecule is CC(C)C1(F)CCC(O)(F)C(F)(F)C1(F)F. The molecule has 0 bridgehead atoms. The van der Waals surface area contributed by atoms with Gasteiger partial charge in [0.05, 0.1) is 0 Å². The van der Waals surface area contributed by atoms with Crippen molar-refractivity contribution in [1.29, 1.82) is 0 Å². The van der Waals surface area contributed by atoms with Crippen molar-refractivity contribution in [3.63, 3.8) is 0 Å². The molecule has 1 fully saturated rings. The van der Waals surface area contributed by atoms with Crippen LogP contribution in [-0.2, 0) is 0 Å². The molecule has 0 spiro atoms. The maximum absolute atomic E-state index is 13.8. The summed E-state index contributed by atoms with van der Waals surface area (Å²) in [6, 6.07) is 0. The molecule has 1 saturated carbocycles. The Balaban J connectivity index is 3.27. The van der Waals surface area contributed by atoms with Crippen LogP contribution in [0.15, 0.2) is 0 Å². The van der Waals surface area contributed by atoms with Gasteiger partial charge in [0.2, 0.25) is 0 Å². The normalized spacial score (nSPS) is 42.4. The Morgan fingerprint density at radius 3 is 1.69 bits per heavy atom. The fourth-order valence-electron chi connectivity index (χ4n) is 1.81. The summed E-state index contributed by atoms with van der Waals surface area (Å²) in [6.45, 7) is 2.01. The predicted molar refractivity (Wildman–Crippen MR) is 43.9 cm³/mol. The van der Waals surface area contributed by atoms with E-state index in [1.54, 1.807) is 0 Å². The lowest BCUT2D eigenvalue weighted by molar-refractivity contribution is -0.392. The standard InChI is InChI=1S/C9H12F6O/c1-5(2)6(10)3-4-7(11,16)9(14,15)8(6,12)13/h5,16H,3-4H2,1-2H3. The van der Waals surface area contributed by atoms with Crippen LogP contribution >= 0.6 is 0 Å². The average Bonchev–Trinajstić information content (AvgIpc) is 2.11. The molecule has 0 amide bonds. The molecule has 1 aliphatic rings. The van der Waals surface area contributed by atoms with Crippen LogP contribution in [-0.4, -0.2) is 28.5 Å². The van der Waals surface area contributed by atoms with Crippen molar-refractivity contribution < 1.29 is 31.4 Å². The molecule has 0 heterocycles. The third kappa shape index (κ3) is 1.36. The van der Waals surface area contributed by atoms with Gasteiger partial charge in [-0.15, -0.1) is 0 Å². The lowest BCUT2D eigenvalue weighted by Crippen LogP contribution is -2.70. The van der Waals surface area contributed by atoms with E-state index in [1.807, 2.05) is 0 Å². The lowest BCUT2D eigenvalue weighted by Gasteiger charge is -2.48. The van der Waals surface area contributed by atoms with Crippen molar-refractivity contribution in [3.8, 4) is 0 Å². The highest BCUT2D eigenvalue weighted by molar-refractivity contribution is 5.13. The van der Waals surface area contributed by atoms with Crippen molar-refractivity contribution in [3.05, 3.63) is 0 Å². The van der Waals surface area contributed by atoms with E-state index in [2.05, 4.69) is 0 Å². The molecule has 0 radical (unpaired) electrons. The van der Waals surface area contributed by atoms with Crippen LogP contribution in [0.25, 0.3) is 0 Å². The first-order chi connectivity index (χ1) is 6.90. The Hall–Kier alpha value is -0.460. The highest BCUT2D eigenvalue weighted by Crippen LogP contribution is 2.59. The van der Waals surface area contributed by atoms with Crippen LogP contribution in [0.2, 0.25) is 0 Å². The summed E-state index contributed by atoms with van der Waals surface area (Å²) < 4.78 is 79.2. The molecule has 1 rings (SSSR count). The third-order valence-electron chi connectivity index (χ3n) is 3.13. The zero-order valence-corrected chi connectivity index (χ0v) is 8.71. The maximum atomic E-state index is 13.8. The van der Waals surface area contributed by atoms with Crippen LogP contribution in [0, 0.1) is 5.92 Å². The molecule has 2 unspecified atom stereocenters. The fraction of sp³-hybridized carbons (Fsp3) is 1.00. The molecule has 7 heteroatoms. The molecule has 0 aromatic rings. The molecule has 0 aromatic carbocycles. The van der Waals surface area contributed by atoms with Crippen LogP contribution < -0.4 is 0 Å². The van der Waals surface area contributed by atoms with Gasteiger partial charge in [0, 0.05) is 6.42 Å². The zero-order valence-electron chi connectivity index (χ0n) is 8.71. The number of hydrogen-bond acceptors (Lipinski definition) is 1. The first-order valence-corrected chi connectivity index (χ1v) is 4.76. The number of rotatable bonds is 1. The van der Waals surface area contributed by atoms with Gasteiger partial charge in [-0.1, -0.05) is 13.8 Å². The summed E-state index contributed by atoms with van der Waals surface area (Å²) in [5.74, 6) is -16.5. The summed E-state index contributed by atoms with van der Waals surface area (Å²) in [7, 11) is 0. The molecule has 1 nitrogen and oxygen atoms in total. The van der Waals surface area contributed by atoms with E-state index in [0.29, 0.717) is 0 Å². The van der Waals surface area contributed by atoms with Gasteiger partial charge in [-0.25, -0.2) is 8.78 Å². The summed E-state index contributed by atoms with van der Waals surface area (Å²) >= 11 is 0. The fourth-order valence-corrected chi connectivity index (χ4v) is 1.81. The third-order valence-corrected chi connectivity index (χ3v) is 3.13. The van der Waals surface area contributed by atoms with E-state index >= 15 is 0 Å². The smallest absolute Gasteiger partial charge is 0.357 e. The van der Waals surface area contributed by atoms with Gasteiger partial charge in [0.25, 0.3) is 5.85 Å². The molecule has 0 aliphatic heterocycles. The Morgan fingerprint density at radius 1 is 0.875 bits per heavy atom. The maximum Gasteiger partial charge on any atom is 0.370 e. The Labute approximate surface area is 88.4 Å². The molecule has 1 aliphatic carbocycles. The van der Waals surface area contributed by atoms with Crippen molar-refractivity contribution in [2.45, 2.75) is 50.1 Å². The van der Waals surface area contributed by atoms with Gasteiger partial charge in [0.1, 0.15) is 0 Å². The number of halogens is 6. The van der Waals surface area contributed by atoms with E-state index in [1.165, 1.54) is 0 Å². The van der Waals surface area contributed by atoms with Gasteiger partial charge in [-0.05, 0) is 12.3 Å². The van der Waals surface area contributed by atoms with Crippen molar-refractivity contribution in [1.82, 2.24) is 0 Å². The Kier molecular flexibility index (Phi) is 2.78. The second-order valence-electron chi connectivity index (χ2n) is 4.43. The minimum absolute atomic E-state index is 1.01. The van der Waals surface area contributed by atoms with Crippen LogP contribution in [0.3, 0.4) is 0 Å². The average molecular weight is 250 g/mol. The second kappa shape index (κ2) is 3.27. The number of aliphatic hydroxyl groups is 1. The summed E-state index contributed by atoms with van der Waals surface area (Å²) in [4.78, 5) is 0. The highest BCUT2D eigenvalue weighted by atomic mass is 19.3. The lowest BCUT2D eigenvalue weighted by atomic mass is 9.71. The van der Waals surface area contributed by atoms with Crippen molar-refractivity contribution in [2.75, 3.05) is 0 Å². The predicted octanol–water partition coefficient (Wildman–Crippen LogP) is 3.07. The summed E-state index contributed by atoms with van der Waals surface area (Å²) in [5, 5.41) is 8.59. The van der Waals surface area contributed by atoms with Crippen LogP contribution in [0.4, 0.5) is 26.3 Å². The minimum Gasteiger partial charge on any atom is -0.357 e. The molecule has 96 valence electrons. The molecule has 16 heavy (non-hydrogen) atoms. The minimum atomic E-state index is -5.43. The molecule has 1 N–H and O–H groups in total. The number of hydrogen-bond donors (Lipinski definition) is 1. The quantitative estimate of drug-likeness (QED) is 0.709. The Morgan fingerprint density at radius 2 is 1.31 bits per heavy atom. The van der Waals surface area contributed by atoms with E-state index in [0.717, 1.165) is 13.8 Å². The Bertz CT molecular complexity index is 281. The van der Waals surface area contributed by atoms with Gasteiger partial charge < -0.3 is 5.11 Å². The van der Waals surface area contributed by atoms with Crippen molar-refractivity contribution in [2.24, 2.45) is 5.92 Å². The molecule has 2 atom stereocenters. The first kappa shape index (κ1) is 13.6. The largest absolute Gasteiger partial charge is 0.370 e. The second-order valence-corrected chi connectivity index (χ2v) is 4.43. The zero-order chi connectivity index (χ0) is 13.0. The first-order valence-electron chi connectivity index (χ1n) is 4.76. The summed E-state index contributed by atoms with van der Waals surface area (Å²) in [5.41, 5.74) is -3.52. The van der Waals surface area contributed by atoms with Crippen LogP contribution in [0.5, 0.6) is 0 Å². The van der Waals surface area contributed by atoms with E-state index < -0.39 is 42.1 Å². The topological polar surface area (TPSA) is 20.2 Å². The van der Waals surface area contributed by atoms with Gasteiger partial charge >= 0.3 is 11.8 Å². The summed E-state index contributed by atoms with van der Waals surface area (Å²) in [6.07, 6.45) is -2.51. The molecule has 0 saturated heterocycles. The van der Waals surface area contributed by atoms with E-state index in [9.17, 15) is 26.3 Å². The van der Waals surface area contributed by atoms with E-state index in [-0.39, 0.29) is 0 Å². The van der Waals surface area contributed by atoms with Crippen LogP contribution in [0.1, 0.15) is 26.7 Å². The van der Waals surface area contributed by atoms with Gasteiger partial charge in [-0.2, -0.15) is 17.6 Å². The monoisotopic (exact) mass is 250 g/mol. The van der Waals surface area contributed by atoms with Gasteiger partial charge in [0.15, 0.2) is 5.67 Å². The molecule has 0 aromatic heterocycles. The number of alkyl halides is 6. The highest BCUT2D eigenvalue weighted by Gasteiger charge is 2.81. The molecular formula is C9H12F6O. The van der Waals surface area contributed by atoms with E-state index in [4.69, 9.17) is 5.11 Å². The van der Waals surface area contributed by atoms with Crippen molar-refractivity contribution >= 4 is 0 Å². The molecular weight excluding hydrogens is 238 g/mol.